The molecule has 0 saturated heterocycles. The van der Waals surface area contributed by atoms with Gasteiger partial charge in [0.2, 0.25) is 5.88 Å². The maximum Gasteiger partial charge on any atom is 0.212 e. The number of fused-ring (bicyclic) bond motifs is 1. The minimum absolute atomic E-state index is 0.520. The molecule has 3 aromatic carbocycles. The van der Waals surface area contributed by atoms with Crippen molar-refractivity contribution in [2.45, 2.75) is 0 Å². The Morgan fingerprint density at radius 2 is 1.46 bits per heavy atom. The van der Waals surface area contributed by atoms with Crippen LogP contribution in [-0.4, -0.2) is 31.6 Å². The number of para-hydroxylation sites is 2. The first-order chi connectivity index (χ1) is 18.3. The van der Waals surface area contributed by atoms with Crippen molar-refractivity contribution in [2.75, 3.05) is 12.4 Å². The second-order valence-corrected chi connectivity index (χ2v) is 8.17. The molecule has 3 heterocycles. The summed E-state index contributed by atoms with van der Waals surface area (Å²) in [6, 6.07) is 31.0. The molecule has 8 nitrogen and oxygen atoms in total. The summed E-state index contributed by atoms with van der Waals surface area (Å²) < 4.78 is 13.1. The number of anilines is 2. The summed E-state index contributed by atoms with van der Waals surface area (Å²) in [5.41, 5.74) is 3.89. The van der Waals surface area contributed by atoms with Crippen LogP contribution in [-0.2, 0) is 0 Å². The van der Waals surface area contributed by atoms with Crippen LogP contribution in [0.1, 0.15) is 0 Å². The summed E-state index contributed by atoms with van der Waals surface area (Å²) in [5.74, 6) is 3.15. The highest BCUT2D eigenvalue weighted by Gasteiger charge is 2.16. The van der Waals surface area contributed by atoms with Crippen LogP contribution in [0.2, 0.25) is 0 Å². The number of nitrogens with one attached hydrogen (secondary N) is 1. The van der Waals surface area contributed by atoms with Gasteiger partial charge in [-0.25, -0.2) is 19.9 Å². The molecule has 0 aliphatic rings. The van der Waals surface area contributed by atoms with E-state index in [1.165, 1.54) is 0 Å². The highest BCUT2D eigenvalue weighted by molar-refractivity contribution is 5.88. The number of pyridine rings is 1. The van der Waals surface area contributed by atoms with Crippen LogP contribution in [0.15, 0.2) is 110 Å². The smallest absolute Gasteiger partial charge is 0.212 e. The van der Waals surface area contributed by atoms with E-state index in [0.29, 0.717) is 28.7 Å². The van der Waals surface area contributed by atoms with Crippen molar-refractivity contribution in [3.63, 3.8) is 0 Å². The van der Waals surface area contributed by atoms with Crippen molar-refractivity contribution >= 4 is 22.7 Å². The largest absolute Gasteiger partial charge is 0.481 e. The zero-order chi connectivity index (χ0) is 25.0. The summed E-state index contributed by atoms with van der Waals surface area (Å²) in [6.45, 7) is 0. The van der Waals surface area contributed by atoms with Crippen LogP contribution >= 0.6 is 0 Å². The lowest BCUT2D eigenvalue weighted by molar-refractivity contribution is 0.398. The minimum atomic E-state index is 0.520. The molecule has 37 heavy (non-hydrogen) atoms. The second kappa shape index (κ2) is 9.79. The summed E-state index contributed by atoms with van der Waals surface area (Å²) in [7, 11) is 1.58. The minimum Gasteiger partial charge on any atom is -0.481 e. The molecule has 3 aromatic heterocycles. The van der Waals surface area contributed by atoms with Crippen molar-refractivity contribution in [3.8, 4) is 34.5 Å². The van der Waals surface area contributed by atoms with E-state index in [-0.39, 0.29) is 0 Å². The van der Waals surface area contributed by atoms with Gasteiger partial charge in [0.1, 0.15) is 17.8 Å². The fourth-order valence-electron chi connectivity index (χ4n) is 3.89. The third kappa shape index (κ3) is 4.68. The summed E-state index contributed by atoms with van der Waals surface area (Å²) in [4.78, 5) is 18.6. The van der Waals surface area contributed by atoms with Gasteiger partial charge >= 0.3 is 0 Å². The average molecular weight is 487 g/mol. The number of methoxy groups -OCH3 is 1. The van der Waals surface area contributed by atoms with Gasteiger partial charge in [0.15, 0.2) is 22.8 Å². The summed E-state index contributed by atoms with van der Waals surface area (Å²) in [5, 5.41) is 3.41. The van der Waals surface area contributed by atoms with E-state index in [4.69, 9.17) is 19.4 Å². The van der Waals surface area contributed by atoms with Gasteiger partial charge < -0.3 is 14.8 Å². The molecule has 0 bridgehead atoms. The lowest BCUT2D eigenvalue weighted by Gasteiger charge is -2.11. The van der Waals surface area contributed by atoms with Crippen LogP contribution in [0.4, 0.5) is 11.5 Å². The number of rotatable bonds is 7. The normalized spacial score (nSPS) is 10.8. The van der Waals surface area contributed by atoms with Crippen LogP contribution in [0, 0.1) is 0 Å². The average Bonchev–Trinajstić information content (AvgIpc) is 3.40. The topological polar surface area (TPSA) is 87.0 Å². The van der Waals surface area contributed by atoms with Gasteiger partial charge in [0.25, 0.3) is 0 Å². The number of benzene rings is 3. The SMILES string of the molecule is COc1ccc(-c2nc(Nc3ccc(Oc4ccccc4)cc3)c3ncn(-c4ccccc4)c3n2)cn1. The van der Waals surface area contributed by atoms with Crippen molar-refractivity contribution in [2.24, 2.45) is 0 Å². The Hall–Kier alpha value is -5.24. The number of imidazole rings is 1. The first-order valence-electron chi connectivity index (χ1n) is 11.7. The van der Waals surface area contributed by atoms with E-state index in [1.54, 1.807) is 25.7 Å². The number of nitrogens with zero attached hydrogens (tertiary/aromatic N) is 5. The number of hydrogen-bond acceptors (Lipinski definition) is 7. The first kappa shape index (κ1) is 22.2. The molecule has 6 aromatic rings. The van der Waals surface area contributed by atoms with Gasteiger partial charge in [-0.1, -0.05) is 36.4 Å². The monoisotopic (exact) mass is 486 g/mol. The number of ether oxygens (including phenoxy) is 2. The molecule has 180 valence electrons. The molecule has 6 rings (SSSR count). The Morgan fingerprint density at radius 1 is 0.730 bits per heavy atom. The molecular formula is C29H22N6O2. The third-order valence-corrected chi connectivity index (χ3v) is 5.73. The second-order valence-electron chi connectivity index (χ2n) is 8.17. The number of aromatic nitrogens is 5. The highest BCUT2D eigenvalue weighted by atomic mass is 16.5. The molecule has 0 spiro atoms. The van der Waals surface area contributed by atoms with Crippen LogP contribution in [0.25, 0.3) is 28.2 Å². The van der Waals surface area contributed by atoms with E-state index < -0.39 is 0 Å². The molecule has 0 radical (unpaired) electrons. The quantitative estimate of drug-likeness (QED) is 0.278. The van der Waals surface area contributed by atoms with Crippen LogP contribution in [0.5, 0.6) is 17.4 Å². The van der Waals surface area contributed by atoms with Crippen molar-refractivity contribution in [3.05, 3.63) is 110 Å². The Kier molecular flexibility index (Phi) is 5.88. The fraction of sp³-hybridized carbons (Fsp3) is 0.0345. The lowest BCUT2D eigenvalue weighted by atomic mass is 10.2. The van der Waals surface area contributed by atoms with Gasteiger partial charge in [-0.05, 0) is 54.6 Å². The van der Waals surface area contributed by atoms with Gasteiger partial charge in [-0.15, -0.1) is 0 Å². The fourth-order valence-corrected chi connectivity index (χ4v) is 3.89. The van der Waals surface area contributed by atoms with E-state index >= 15 is 0 Å². The molecule has 0 aliphatic heterocycles. The molecule has 0 amide bonds. The van der Waals surface area contributed by atoms with Crippen LogP contribution in [0.3, 0.4) is 0 Å². The van der Waals surface area contributed by atoms with E-state index in [9.17, 15) is 0 Å². The Bertz CT molecular complexity index is 1630. The van der Waals surface area contributed by atoms with E-state index in [2.05, 4.69) is 15.3 Å². The highest BCUT2D eigenvalue weighted by Crippen LogP contribution is 2.29. The maximum atomic E-state index is 5.92. The van der Waals surface area contributed by atoms with Crippen LogP contribution < -0.4 is 14.8 Å². The Balaban J connectivity index is 1.38. The van der Waals surface area contributed by atoms with Gasteiger partial charge in [-0.3, -0.25) is 4.57 Å². The van der Waals surface area contributed by atoms with E-state index in [1.807, 2.05) is 95.6 Å². The van der Waals surface area contributed by atoms with Gasteiger partial charge in [0.05, 0.1) is 7.11 Å². The van der Waals surface area contributed by atoms with E-state index in [0.717, 1.165) is 28.4 Å². The van der Waals surface area contributed by atoms with Crippen molar-refractivity contribution < 1.29 is 9.47 Å². The van der Waals surface area contributed by atoms with Crippen molar-refractivity contribution in [1.82, 2.24) is 24.5 Å². The molecular weight excluding hydrogens is 464 g/mol. The lowest BCUT2D eigenvalue weighted by Crippen LogP contribution is -2.02. The van der Waals surface area contributed by atoms with Crippen molar-refractivity contribution in [1.29, 1.82) is 0 Å². The summed E-state index contributed by atoms with van der Waals surface area (Å²) in [6.07, 6.45) is 3.45. The molecule has 8 heteroatoms. The Labute approximate surface area is 213 Å². The molecule has 0 saturated carbocycles. The molecule has 0 unspecified atom stereocenters. The maximum absolute atomic E-state index is 5.92. The molecule has 1 N–H and O–H groups in total. The third-order valence-electron chi connectivity index (χ3n) is 5.73. The predicted molar refractivity (Wildman–Crippen MR) is 143 cm³/mol. The zero-order valence-corrected chi connectivity index (χ0v) is 19.9. The summed E-state index contributed by atoms with van der Waals surface area (Å²) >= 11 is 0. The zero-order valence-electron chi connectivity index (χ0n) is 19.9. The Morgan fingerprint density at radius 3 is 2.16 bits per heavy atom. The predicted octanol–water partition coefficient (Wildman–Crippen LogP) is 6.42. The first-order valence-corrected chi connectivity index (χ1v) is 11.7. The van der Waals surface area contributed by atoms with Gasteiger partial charge in [0, 0.05) is 29.2 Å². The molecule has 0 fully saturated rings. The standard InChI is InChI=1S/C29H22N6O2/c1-36-25-17-12-20(18-30-25)27-33-28(26-29(34-27)35(19-31-26)22-8-4-2-5-9-22)32-21-13-15-24(16-14-21)37-23-10-6-3-7-11-23/h2-19H,1H3,(H,32,33,34). The number of hydrogen-bond donors (Lipinski definition) is 1. The van der Waals surface area contributed by atoms with Gasteiger partial charge in [-0.2, -0.15) is 0 Å². The molecule has 0 atom stereocenters. The molecule has 0 aliphatic carbocycles.